The summed E-state index contributed by atoms with van der Waals surface area (Å²) in [5, 5.41) is 20.0. The van der Waals surface area contributed by atoms with Crippen LogP contribution in [0.3, 0.4) is 0 Å². The van der Waals surface area contributed by atoms with Gasteiger partial charge in [-0.2, -0.15) is 0 Å². The van der Waals surface area contributed by atoms with E-state index in [4.69, 9.17) is 4.74 Å². The van der Waals surface area contributed by atoms with E-state index in [0.29, 0.717) is 12.3 Å². The van der Waals surface area contributed by atoms with Crippen molar-refractivity contribution in [3.8, 4) is 11.4 Å². The molecule has 0 saturated heterocycles. The topological polar surface area (TPSA) is 77.2 Å². The maximum atomic E-state index is 12.2. The zero-order chi connectivity index (χ0) is 23.8. The van der Waals surface area contributed by atoms with Gasteiger partial charge in [-0.1, -0.05) is 71.9 Å². The van der Waals surface area contributed by atoms with Crippen LogP contribution in [0, 0.1) is 0 Å². The highest BCUT2D eigenvalue weighted by Crippen LogP contribution is 2.36. The van der Waals surface area contributed by atoms with Gasteiger partial charge in [-0.25, -0.2) is 4.79 Å². The number of hydrogen-bond acceptors (Lipinski definition) is 5. The van der Waals surface area contributed by atoms with Crippen LogP contribution in [0.15, 0.2) is 42.5 Å². The molecular weight excluding hydrogens is 414 g/mol. The van der Waals surface area contributed by atoms with Gasteiger partial charge < -0.3 is 9.84 Å². The van der Waals surface area contributed by atoms with Gasteiger partial charge in [0.25, 0.3) is 0 Å². The van der Waals surface area contributed by atoms with Gasteiger partial charge >= 0.3 is 5.97 Å². The van der Waals surface area contributed by atoms with Crippen molar-refractivity contribution in [3.05, 3.63) is 53.6 Å². The van der Waals surface area contributed by atoms with Gasteiger partial charge in [0.2, 0.25) is 0 Å². The molecule has 0 bridgehead atoms. The van der Waals surface area contributed by atoms with E-state index in [1.54, 1.807) is 12.1 Å². The molecule has 33 heavy (non-hydrogen) atoms. The van der Waals surface area contributed by atoms with Crippen LogP contribution >= 0.6 is 0 Å². The number of ether oxygens (including phenoxy) is 1. The molecule has 176 valence electrons. The van der Waals surface area contributed by atoms with Crippen molar-refractivity contribution in [1.82, 2.24) is 15.0 Å². The smallest absolute Gasteiger partial charge is 0.330 e. The second kappa shape index (κ2) is 11.1. The molecule has 6 nitrogen and oxygen atoms in total. The third kappa shape index (κ3) is 6.67. The zero-order valence-corrected chi connectivity index (χ0v) is 20.2. The number of unbranched alkanes of at least 4 members (excludes halogenated alkanes) is 5. The lowest BCUT2D eigenvalue weighted by atomic mass is 9.85. The number of phenolic OH excluding ortho intramolecular Hbond substituents is 1. The summed E-state index contributed by atoms with van der Waals surface area (Å²) < 4.78 is 5.34. The third-order valence-corrected chi connectivity index (χ3v) is 5.58. The first kappa shape index (κ1) is 24.5. The first-order chi connectivity index (χ1) is 15.8. The number of phenols is 1. The molecular formula is C27H35N3O3. The average Bonchev–Trinajstić information content (AvgIpc) is 3.21. The van der Waals surface area contributed by atoms with Crippen LogP contribution in [0.1, 0.15) is 77.3 Å². The lowest BCUT2D eigenvalue weighted by Gasteiger charge is -2.22. The van der Waals surface area contributed by atoms with E-state index < -0.39 is 0 Å². The molecule has 0 aliphatic rings. The normalized spacial score (nSPS) is 12.0. The number of fused-ring (bicyclic) bond motifs is 1. The molecule has 0 aliphatic carbocycles. The van der Waals surface area contributed by atoms with Crippen LogP contribution < -0.4 is 0 Å². The third-order valence-electron chi connectivity index (χ3n) is 5.58. The minimum atomic E-state index is -0.363. The fourth-order valence-electron chi connectivity index (χ4n) is 3.70. The molecule has 1 aromatic heterocycles. The molecule has 0 spiro atoms. The molecule has 0 aliphatic heterocycles. The summed E-state index contributed by atoms with van der Waals surface area (Å²) in [6.07, 6.45) is 10.0. The fraction of sp³-hybridized carbons (Fsp3) is 0.444. The Bertz CT molecular complexity index is 1080. The summed E-state index contributed by atoms with van der Waals surface area (Å²) in [5.74, 6) is -0.232. The summed E-state index contributed by atoms with van der Waals surface area (Å²) in [6, 6.07) is 11.2. The number of hydrogen-bond donors (Lipinski definition) is 1. The van der Waals surface area contributed by atoms with Crippen LogP contribution in [0.5, 0.6) is 5.75 Å². The number of rotatable bonds is 10. The van der Waals surface area contributed by atoms with E-state index in [-0.39, 0.29) is 17.1 Å². The maximum Gasteiger partial charge on any atom is 0.330 e. The molecule has 0 atom stereocenters. The van der Waals surface area contributed by atoms with E-state index in [0.717, 1.165) is 35.0 Å². The summed E-state index contributed by atoms with van der Waals surface area (Å²) in [7, 11) is 0. The van der Waals surface area contributed by atoms with Crippen LogP contribution in [-0.4, -0.2) is 32.7 Å². The van der Waals surface area contributed by atoms with Crippen molar-refractivity contribution in [2.45, 2.75) is 71.6 Å². The zero-order valence-electron chi connectivity index (χ0n) is 20.2. The minimum absolute atomic E-state index is 0.130. The van der Waals surface area contributed by atoms with Crippen molar-refractivity contribution in [1.29, 1.82) is 0 Å². The standard InChI is InChI=1S/C27H35N3O3/c1-5-6-7-8-9-12-17-33-25(31)16-15-20-18-21(27(2,3)4)26(32)24(19-20)30-28-22-13-10-11-14-23(22)29-30/h10-11,13-16,18-19,32H,5-9,12,17H2,1-4H3. The van der Waals surface area contributed by atoms with Gasteiger partial charge in [0, 0.05) is 11.6 Å². The van der Waals surface area contributed by atoms with E-state index in [1.165, 1.54) is 36.6 Å². The predicted octanol–water partition coefficient (Wildman–Crippen LogP) is 6.34. The van der Waals surface area contributed by atoms with Gasteiger partial charge in [0.1, 0.15) is 22.5 Å². The van der Waals surface area contributed by atoms with Gasteiger partial charge in [0.15, 0.2) is 0 Å². The van der Waals surface area contributed by atoms with Gasteiger partial charge in [-0.3, -0.25) is 0 Å². The van der Waals surface area contributed by atoms with E-state index in [2.05, 4.69) is 17.1 Å². The predicted molar refractivity (Wildman–Crippen MR) is 133 cm³/mol. The van der Waals surface area contributed by atoms with Gasteiger partial charge in [-0.05, 0) is 47.7 Å². The molecule has 2 aromatic carbocycles. The van der Waals surface area contributed by atoms with Gasteiger partial charge in [0.05, 0.1) is 6.61 Å². The summed E-state index contributed by atoms with van der Waals surface area (Å²) in [5.41, 5.74) is 3.17. The molecule has 0 saturated carbocycles. The molecule has 1 heterocycles. The molecule has 0 fully saturated rings. The first-order valence-electron chi connectivity index (χ1n) is 11.8. The van der Waals surface area contributed by atoms with Crippen molar-refractivity contribution in [2.75, 3.05) is 6.61 Å². The average molecular weight is 450 g/mol. The van der Waals surface area contributed by atoms with Crippen molar-refractivity contribution in [2.24, 2.45) is 0 Å². The lowest BCUT2D eigenvalue weighted by Crippen LogP contribution is -2.13. The van der Waals surface area contributed by atoms with Crippen LogP contribution in [-0.2, 0) is 14.9 Å². The second-order valence-corrected chi connectivity index (χ2v) is 9.43. The fourth-order valence-corrected chi connectivity index (χ4v) is 3.70. The molecule has 6 heteroatoms. The molecule has 1 N–H and O–H groups in total. The van der Waals surface area contributed by atoms with E-state index in [1.807, 2.05) is 51.1 Å². The number of esters is 1. The molecule has 3 aromatic rings. The minimum Gasteiger partial charge on any atom is -0.505 e. The summed E-state index contributed by atoms with van der Waals surface area (Å²) >= 11 is 0. The Morgan fingerprint density at radius 3 is 2.30 bits per heavy atom. The Labute approximate surface area is 196 Å². The summed E-state index contributed by atoms with van der Waals surface area (Å²) in [6.45, 7) is 8.72. The molecule has 0 radical (unpaired) electrons. The van der Waals surface area contributed by atoms with E-state index >= 15 is 0 Å². The Kier molecular flexibility index (Phi) is 8.26. The largest absolute Gasteiger partial charge is 0.505 e. The van der Waals surface area contributed by atoms with Crippen molar-refractivity contribution < 1.29 is 14.6 Å². The number of carbonyl (C=O) groups excluding carboxylic acids is 1. The van der Waals surface area contributed by atoms with Gasteiger partial charge in [-0.15, -0.1) is 15.0 Å². The number of carbonyl (C=O) groups is 1. The van der Waals surface area contributed by atoms with Crippen LogP contribution in [0.25, 0.3) is 22.8 Å². The van der Waals surface area contributed by atoms with Crippen LogP contribution in [0.4, 0.5) is 0 Å². The number of nitrogens with zero attached hydrogens (tertiary/aromatic N) is 3. The highest BCUT2D eigenvalue weighted by atomic mass is 16.5. The Morgan fingerprint density at radius 1 is 1.03 bits per heavy atom. The summed E-state index contributed by atoms with van der Waals surface area (Å²) in [4.78, 5) is 13.6. The quantitative estimate of drug-likeness (QED) is 0.222. The van der Waals surface area contributed by atoms with Crippen molar-refractivity contribution in [3.63, 3.8) is 0 Å². The lowest BCUT2D eigenvalue weighted by molar-refractivity contribution is -0.137. The number of aromatic nitrogens is 3. The molecule has 0 unspecified atom stereocenters. The SMILES string of the molecule is CCCCCCCCOC(=O)C=Cc1cc(-n2nc3ccccc3n2)c(O)c(C(C)(C)C)c1. The maximum absolute atomic E-state index is 12.2. The Balaban J connectivity index is 1.76. The first-order valence-corrected chi connectivity index (χ1v) is 11.8. The molecule has 3 rings (SSSR count). The second-order valence-electron chi connectivity index (χ2n) is 9.43. The molecule has 0 amide bonds. The highest BCUT2D eigenvalue weighted by Gasteiger charge is 2.23. The Morgan fingerprint density at radius 2 is 1.67 bits per heavy atom. The Hall–Kier alpha value is -3.15. The number of aromatic hydroxyl groups is 1. The van der Waals surface area contributed by atoms with Crippen LogP contribution in [0.2, 0.25) is 0 Å². The van der Waals surface area contributed by atoms with E-state index in [9.17, 15) is 9.90 Å². The number of benzene rings is 2. The van der Waals surface area contributed by atoms with Crippen molar-refractivity contribution >= 4 is 23.1 Å². The monoisotopic (exact) mass is 449 g/mol. The highest BCUT2D eigenvalue weighted by molar-refractivity contribution is 5.87.